The minimum Gasteiger partial charge on any atom is -0.491 e. The molecule has 0 unspecified atom stereocenters. The zero-order valence-electron chi connectivity index (χ0n) is 9.49. The van der Waals surface area contributed by atoms with Crippen molar-refractivity contribution in [3.8, 4) is 5.75 Å². The molecule has 0 radical (unpaired) electrons. The lowest BCUT2D eigenvalue weighted by molar-refractivity contribution is 0.242. The Morgan fingerprint density at radius 1 is 1.31 bits per heavy atom. The summed E-state index contributed by atoms with van der Waals surface area (Å²) in [6, 6.07) is 7.79. The molecule has 1 aromatic carbocycles. The Hall–Kier alpha value is -1.71. The lowest BCUT2D eigenvalue weighted by Gasteiger charge is -2.12. The summed E-state index contributed by atoms with van der Waals surface area (Å²) in [5.41, 5.74) is 1.09. The minimum absolute atomic E-state index is 0.0700. The highest BCUT2D eigenvalue weighted by atomic mass is 16.5. The molecule has 0 aromatic heterocycles. The number of nitrogens with one attached hydrogen (secondary N) is 2. The second-order valence-electron chi connectivity index (χ2n) is 4.14. The first-order chi connectivity index (χ1) is 7.65. The summed E-state index contributed by atoms with van der Waals surface area (Å²) < 4.78 is 5.55. The zero-order valence-corrected chi connectivity index (χ0v) is 9.49. The smallest absolute Gasteiger partial charge is 0.315 e. The van der Waals surface area contributed by atoms with Crippen LogP contribution in [0.15, 0.2) is 24.3 Å². The van der Waals surface area contributed by atoms with E-state index in [-0.39, 0.29) is 18.2 Å². The van der Waals surface area contributed by atoms with Gasteiger partial charge in [0.2, 0.25) is 0 Å². The first-order valence-corrected chi connectivity index (χ1v) is 5.46. The highest BCUT2D eigenvalue weighted by Crippen LogP contribution is 2.19. The van der Waals surface area contributed by atoms with Gasteiger partial charge in [0.05, 0.1) is 12.1 Å². The monoisotopic (exact) mass is 220 g/mol. The summed E-state index contributed by atoms with van der Waals surface area (Å²) in [5, 5.41) is 5.57. The van der Waals surface area contributed by atoms with Crippen LogP contribution >= 0.6 is 0 Å². The SMILES string of the molecule is CC(C)Oc1ccc([C@H]2CNC(=O)N2)cc1. The van der Waals surface area contributed by atoms with E-state index in [2.05, 4.69) is 10.6 Å². The minimum atomic E-state index is -0.104. The van der Waals surface area contributed by atoms with E-state index in [1.807, 2.05) is 38.1 Å². The Kier molecular flexibility index (Phi) is 2.99. The van der Waals surface area contributed by atoms with Crippen LogP contribution < -0.4 is 15.4 Å². The van der Waals surface area contributed by atoms with Gasteiger partial charge in [0.1, 0.15) is 5.75 Å². The van der Waals surface area contributed by atoms with Crippen molar-refractivity contribution in [2.75, 3.05) is 6.54 Å². The maximum atomic E-state index is 11.0. The van der Waals surface area contributed by atoms with Crippen LogP contribution in [0.2, 0.25) is 0 Å². The van der Waals surface area contributed by atoms with Crippen LogP contribution in [0, 0.1) is 0 Å². The lowest BCUT2D eigenvalue weighted by Crippen LogP contribution is -2.21. The summed E-state index contributed by atoms with van der Waals surface area (Å²) in [4.78, 5) is 11.0. The Labute approximate surface area is 95.0 Å². The number of hydrogen-bond donors (Lipinski definition) is 2. The van der Waals surface area contributed by atoms with E-state index in [1.165, 1.54) is 0 Å². The van der Waals surface area contributed by atoms with Gasteiger partial charge in [-0.1, -0.05) is 12.1 Å². The van der Waals surface area contributed by atoms with Crippen LogP contribution in [0.1, 0.15) is 25.5 Å². The largest absolute Gasteiger partial charge is 0.491 e. The van der Waals surface area contributed by atoms with Gasteiger partial charge in [0.25, 0.3) is 0 Å². The highest BCUT2D eigenvalue weighted by Gasteiger charge is 2.21. The van der Waals surface area contributed by atoms with Gasteiger partial charge in [-0.2, -0.15) is 0 Å². The maximum Gasteiger partial charge on any atom is 0.315 e. The Morgan fingerprint density at radius 2 is 2.00 bits per heavy atom. The molecule has 86 valence electrons. The van der Waals surface area contributed by atoms with Gasteiger partial charge in [-0.05, 0) is 31.5 Å². The van der Waals surface area contributed by atoms with Crippen LogP contribution in [0.3, 0.4) is 0 Å². The number of urea groups is 1. The number of ether oxygens (including phenoxy) is 1. The lowest BCUT2D eigenvalue weighted by atomic mass is 10.1. The Balaban J connectivity index is 2.04. The molecule has 1 aliphatic rings. The van der Waals surface area contributed by atoms with Crippen molar-refractivity contribution in [2.24, 2.45) is 0 Å². The molecule has 2 amide bonds. The van der Waals surface area contributed by atoms with Gasteiger partial charge in [-0.3, -0.25) is 0 Å². The molecule has 1 aromatic rings. The number of carbonyl (C=O) groups excluding carboxylic acids is 1. The van der Waals surface area contributed by atoms with Crippen LogP contribution in [0.4, 0.5) is 4.79 Å². The van der Waals surface area contributed by atoms with Crippen molar-refractivity contribution in [1.29, 1.82) is 0 Å². The summed E-state index contributed by atoms with van der Waals surface area (Å²) in [6.07, 6.45) is 0.179. The number of hydrogen-bond acceptors (Lipinski definition) is 2. The predicted molar refractivity (Wildman–Crippen MR) is 61.5 cm³/mol. The fraction of sp³-hybridized carbons (Fsp3) is 0.417. The van der Waals surface area contributed by atoms with E-state index in [4.69, 9.17) is 4.74 Å². The first kappa shape index (κ1) is 10.8. The van der Waals surface area contributed by atoms with Crippen molar-refractivity contribution in [1.82, 2.24) is 10.6 Å². The van der Waals surface area contributed by atoms with E-state index in [9.17, 15) is 4.79 Å². The van der Waals surface area contributed by atoms with Gasteiger partial charge in [-0.15, -0.1) is 0 Å². The second-order valence-corrected chi connectivity index (χ2v) is 4.14. The molecule has 1 aliphatic heterocycles. The maximum absolute atomic E-state index is 11.0. The van der Waals surface area contributed by atoms with Gasteiger partial charge in [0.15, 0.2) is 0 Å². The van der Waals surface area contributed by atoms with Gasteiger partial charge >= 0.3 is 6.03 Å². The molecule has 1 saturated heterocycles. The average molecular weight is 220 g/mol. The second kappa shape index (κ2) is 4.43. The van der Waals surface area contributed by atoms with E-state index >= 15 is 0 Å². The summed E-state index contributed by atoms with van der Waals surface area (Å²) in [6.45, 7) is 4.63. The normalized spacial score (nSPS) is 19.4. The van der Waals surface area contributed by atoms with E-state index < -0.39 is 0 Å². The van der Waals surface area contributed by atoms with Gasteiger partial charge in [0, 0.05) is 6.54 Å². The van der Waals surface area contributed by atoms with Crippen molar-refractivity contribution >= 4 is 6.03 Å². The quantitative estimate of drug-likeness (QED) is 0.816. The summed E-state index contributed by atoms with van der Waals surface area (Å²) in [7, 11) is 0. The third-order valence-corrected chi connectivity index (χ3v) is 2.43. The third-order valence-electron chi connectivity index (χ3n) is 2.43. The van der Waals surface area contributed by atoms with Crippen LogP contribution in [0.5, 0.6) is 5.75 Å². The van der Waals surface area contributed by atoms with Crippen molar-refractivity contribution in [3.63, 3.8) is 0 Å². The van der Waals surface area contributed by atoms with Gasteiger partial charge in [-0.25, -0.2) is 4.79 Å². The van der Waals surface area contributed by atoms with Gasteiger partial charge < -0.3 is 15.4 Å². The molecular weight excluding hydrogens is 204 g/mol. The molecule has 1 heterocycles. The van der Waals surface area contributed by atoms with Crippen molar-refractivity contribution in [3.05, 3.63) is 29.8 Å². The number of benzene rings is 1. The van der Waals surface area contributed by atoms with E-state index in [0.29, 0.717) is 6.54 Å². The molecule has 2 rings (SSSR count). The molecule has 4 heteroatoms. The summed E-state index contributed by atoms with van der Waals surface area (Å²) >= 11 is 0. The zero-order chi connectivity index (χ0) is 11.5. The van der Waals surface area contributed by atoms with Crippen LogP contribution in [-0.4, -0.2) is 18.7 Å². The molecule has 4 nitrogen and oxygen atoms in total. The molecule has 1 fully saturated rings. The molecule has 16 heavy (non-hydrogen) atoms. The molecule has 2 N–H and O–H groups in total. The topological polar surface area (TPSA) is 50.4 Å². The number of amides is 2. The Bertz CT molecular complexity index is 373. The number of carbonyl (C=O) groups is 1. The molecule has 0 spiro atoms. The predicted octanol–water partition coefficient (Wildman–Crippen LogP) is 1.83. The standard InChI is InChI=1S/C12H16N2O2/c1-8(2)16-10-5-3-9(4-6-10)11-7-13-12(15)14-11/h3-6,8,11H,7H2,1-2H3,(H2,13,14,15)/t11-/m1/s1. The molecule has 0 saturated carbocycles. The number of rotatable bonds is 3. The first-order valence-electron chi connectivity index (χ1n) is 5.46. The highest BCUT2D eigenvalue weighted by molar-refractivity contribution is 5.76. The van der Waals surface area contributed by atoms with Crippen molar-refractivity contribution < 1.29 is 9.53 Å². The molecule has 1 atom stereocenters. The fourth-order valence-electron chi connectivity index (χ4n) is 1.71. The van der Waals surface area contributed by atoms with E-state index in [1.54, 1.807) is 0 Å². The molecular formula is C12H16N2O2. The van der Waals surface area contributed by atoms with Crippen LogP contribution in [-0.2, 0) is 0 Å². The fourth-order valence-corrected chi connectivity index (χ4v) is 1.71. The van der Waals surface area contributed by atoms with Crippen LogP contribution in [0.25, 0.3) is 0 Å². The third kappa shape index (κ3) is 2.45. The van der Waals surface area contributed by atoms with E-state index in [0.717, 1.165) is 11.3 Å². The molecule has 0 bridgehead atoms. The Morgan fingerprint density at radius 3 is 2.50 bits per heavy atom. The molecule has 0 aliphatic carbocycles. The van der Waals surface area contributed by atoms with Crippen molar-refractivity contribution in [2.45, 2.75) is 26.0 Å². The summed E-state index contributed by atoms with van der Waals surface area (Å²) in [5.74, 6) is 0.857. The average Bonchev–Trinajstić information content (AvgIpc) is 2.65.